The quantitative estimate of drug-likeness (QED) is 0.585. The molecular formula is C18H13BrClN3O3. The van der Waals surface area contributed by atoms with Gasteiger partial charge in [-0.3, -0.25) is 4.79 Å². The van der Waals surface area contributed by atoms with Gasteiger partial charge in [-0.1, -0.05) is 34.5 Å². The predicted octanol–water partition coefficient (Wildman–Crippen LogP) is 3.99. The van der Waals surface area contributed by atoms with E-state index < -0.39 is 0 Å². The fourth-order valence-corrected chi connectivity index (χ4v) is 3.26. The summed E-state index contributed by atoms with van der Waals surface area (Å²) in [6, 6.07) is 8.81. The Morgan fingerprint density at radius 1 is 1.31 bits per heavy atom. The zero-order valence-electron chi connectivity index (χ0n) is 13.7. The van der Waals surface area contributed by atoms with Crippen LogP contribution in [-0.2, 0) is 6.42 Å². The number of nitrogens with zero attached hydrogens (tertiary/aromatic N) is 3. The molecule has 1 aliphatic heterocycles. The number of hydrogen-bond acceptors (Lipinski definition) is 5. The minimum absolute atomic E-state index is 0.162. The van der Waals surface area contributed by atoms with Gasteiger partial charge in [-0.15, -0.1) is 0 Å². The van der Waals surface area contributed by atoms with Crippen molar-refractivity contribution in [3.05, 3.63) is 61.6 Å². The van der Waals surface area contributed by atoms with Crippen molar-refractivity contribution in [3.63, 3.8) is 0 Å². The third-order valence-corrected chi connectivity index (χ3v) is 4.82. The summed E-state index contributed by atoms with van der Waals surface area (Å²) in [6.07, 6.45) is 2.09. The maximum absolute atomic E-state index is 12.9. The largest absolute Gasteiger partial charge is 0.454 e. The molecule has 0 atom stereocenters. The molecule has 132 valence electrons. The minimum Gasteiger partial charge on any atom is -0.454 e. The van der Waals surface area contributed by atoms with E-state index in [4.69, 9.17) is 21.1 Å². The molecule has 0 saturated carbocycles. The molecule has 0 aliphatic carbocycles. The molecule has 2 aromatic carbocycles. The van der Waals surface area contributed by atoms with Crippen LogP contribution in [0.3, 0.4) is 0 Å². The molecule has 4 rings (SSSR count). The normalized spacial score (nSPS) is 13.0. The third kappa shape index (κ3) is 2.97. The van der Waals surface area contributed by atoms with E-state index >= 15 is 0 Å². The van der Waals surface area contributed by atoms with Crippen molar-refractivity contribution in [3.8, 4) is 11.5 Å². The molecule has 0 fully saturated rings. The third-order valence-electron chi connectivity index (χ3n) is 4.00. The fourth-order valence-electron chi connectivity index (χ4n) is 2.69. The van der Waals surface area contributed by atoms with Crippen molar-refractivity contribution < 1.29 is 9.47 Å². The van der Waals surface area contributed by atoms with Crippen LogP contribution in [0.1, 0.15) is 18.3 Å². The summed E-state index contributed by atoms with van der Waals surface area (Å²) < 4.78 is 12.8. The Hall–Kier alpha value is -2.38. The Balaban J connectivity index is 1.83. The number of benzene rings is 2. The second-order valence-corrected chi connectivity index (χ2v) is 6.95. The van der Waals surface area contributed by atoms with Crippen molar-refractivity contribution in [2.24, 2.45) is 5.10 Å². The molecule has 8 heteroatoms. The van der Waals surface area contributed by atoms with E-state index in [9.17, 15) is 4.79 Å². The van der Waals surface area contributed by atoms with Crippen LogP contribution in [0.15, 0.2) is 44.7 Å². The summed E-state index contributed by atoms with van der Waals surface area (Å²) in [5.74, 6) is 1.76. The highest BCUT2D eigenvalue weighted by Gasteiger charge is 2.16. The molecule has 0 unspecified atom stereocenters. The molecule has 1 aromatic heterocycles. The van der Waals surface area contributed by atoms with Gasteiger partial charge in [0.1, 0.15) is 5.82 Å². The first kappa shape index (κ1) is 17.1. The number of rotatable bonds is 3. The number of halogens is 2. The van der Waals surface area contributed by atoms with Crippen LogP contribution in [0.2, 0.25) is 5.02 Å². The Labute approximate surface area is 162 Å². The van der Waals surface area contributed by atoms with Gasteiger partial charge in [0.25, 0.3) is 5.56 Å². The Morgan fingerprint density at radius 3 is 2.85 bits per heavy atom. The maximum Gasteiger partial charge on any atom is 0.282 e. The first-order valence-electron chi connectivity index (χ1n) is 7.91. The second-order valence-electron chi connectivity index (χ2n) is 5.63. The van der Waals surface area contributed by atoms with Gasteiger partial charge in [0.2, 0.25) is 6.79 Å². The highest BCUT2D eigenvalue weighted by Crippen LogP contribution is 2.36. The summed E-state index contributed by atoms with van der Waals surface area (Å²) in [6.45, 7) is 2.08. The van der Waals surface area contributed by atoms with E-state index in [2.05, 4.69) is 26.0 Å². The van der Waals surface area contributed by atoms with Gasteiger partial charge in [-0.25, -0.2) is 4.98 Å². The molecule has 1 aliphatic rings. The highest BCUT2D eigenvalue weighted by molar-refractivity contribution is 9.10. The molecule has 6 nitrogen and oxygen atoms in total. The molecule has 3 aromatic rings. The zero-order chi connectivity index (χ0) is 18.3. The lowest BCUT2D eigenvalue weighted by Gasteiger charge is -2.08. The second kappa shape index (κ2) is 6.74. The number of hydrogen-bond donors (Lipinski definition) is 0. The van der Waals surface area contributed by atoms with Crippen LogP contribution in [0.4, 0.5) is 0 Å². The molecule has 0 spiro atoms. The number of aromatic nitrogens is 2. The minimum atomic E-state index is -0.235. The molecule has 2 heterocycles. The van der Waals surface area contributed by atoms with Crippen LogP contribution in [0.25, 0.3) is 10.9 Å². The Bertz CT molecular complexity index is 1110. The summed E-state index contributed by atoms with van der Waals surface area (Å²) in [5, 5.41) is 5.28. The zero-order valence-corrected chi connectivity index (χ0v) is 16.0. The van der Waals surface area contributed by atoms with Gasteiger partial charge in [0.05, 0.1) is 22.1 Å². The first-order valence-corrected chi connectivity index (χ1v) is 9.08. The van der Waals surface area contributed by atoms with Crippen molar-refractivity contribution in [2.45, 2.75) is 13.3 Å². The van der Waals surface area contributed by atoms with E-state index in [0.717, 1.165) is 4.47 Å². The van der Waals surface area contributed by atoms with E-state index in [1.165, 1.54) is 10.9 Å². The standard InChI is InChI=1S/C18H13BrClN3O3/c1-2-17-22-14-4-3-11(19)6-12(14)18(24)23(17)21-8-10-5-15-16(7-13(10)20)26-9-25-15/h3-8H,2,9H2,1H3. The van der Waals surface area contributed by atoms with Crippen LogP contribution in [-0.4, -0.2) is 22.7 Å². The van der Waals surface area contributed by atoms with Crippen molar-refractivity contribution in [2.75, 3.05) is 6.79 Å². The summed E-state index contributed by atoms with van der Waals surface area (Å²) >= 11 is 9.65. The summed E-state index contributed by atoms with van der Waals surface area (Å²) in [5.41, 5.74) is 1.03. The van der Waals surface area contributed by atoms with E-state index in [1.807, 2.05) is 19.1 Å². The number of aryl methyl sites for hydroxylation is 1. The van der Waals surface area contributed by atoms with Gasteiger partial charge in [-0.05, 0) is 24.3 Å². The van der Waals surface area contributed by atoms with Crippen LogP contribution in [0, 0.1) is 0 Å². The smallest absolute Gasteiger partial charge is 0.282 e. The van der Waals surface area contributed by atoms with Crippen molar-refractivity contribution in [1.29, 1.82) is 0 Å². The highest BCUT2D eigenvalue weighted by atomic mass is 79.9. The first-order chi connectivity index (χ1) is 12.6. The van der Waals surface area contributed by atoms with Gasteiger partial charge in [-0.2, -0.15) is 9.78 Å². The number of fused-ring (bicyclic) bond motifs is 2. The molecule has 0 bridgehead atoms. The summed E-state index contributed by atoms with van der Waals surface area (Å²) in [4.78, 5) is 17.4. The SMILES string of the molecule is CCc1nc2ccc(Br)cc2c(=O)n1N=Cc1cc2c(cc1Cl)OCO2. The lowest BCUT2D eigenvalue weighted by molar-refractivity contribution is 0.174. The number of ether oxygens (including phenoxy) is 2. The van der Waals surface area contributed by atoms with Gasteiger partial charge in [0, 0.05) is 22.5 Å². The average molecular weight is 435 g/mol. The monoisotopic (exact) mass is 433 g/mol. The van der Waals surface area contributed by atoms with E-state index in [0.29, 0.717) is 45.2 Å². The lowest BCUT2D eigenvalue weighted by Crippen LogP contribution is -2.22. The molecule has 26 heavy (non-hydrogen) atoms. The summed E-state index contributed by atoms with van der Waals surface area (Å²) in [7, 11) is 0. The Morgan fingerprint density at radius 2 is 2.08 bits per heavy atom. The van der Waals surface area contributed by atoms with Crippen molar-refractivity contribution >= 4 is 44.6 Å². The van der Waals surface area contributed by atoms with Crippen LogP contribution >= 0.6 is 27.5 Å². The predicted molar refractivity (Wildman–Crippen MR) is 104 cm³/mol. The maximum atomic E-state index is 12.9. The topological polar surface area (TPSA) is 65.7 Å². The van der Waals surface area contributed by atoms with Crippen LogP contribution < -0.4 is 15.0 Å². The van der Waals surface area contributed by atoms with E-state index in [1.54, 1.807) is 18.2 Å². The molecule has 0 saturated heterocycles. The van der Waals surface area contributed by atoms with Gasteiger partial charge < -0.3 is 9.47 Å². The van der Waals surface area contributed by atoms with Crippen molar-refractivity contribution in [1.82, 2.24) is 9.66 Å². The molecule has 0 N–H and O–H groups in total. The molecule has 0 radical (unpaired) electrons. The molecular weight excluding hydrogens is 422 g/mol. The average Bonchev–Trinajstić information content (AvgIpc) is 3.08. The van der Waals surface area contributed by atoms with Gasteiger partial charge >= 0.3 is 0 Å². The lowest BCUT2D eigenvalue weighted by atomic mass is 10.2. The van der Waals surface area contributed by atoms with Crippen LogP contribution in [0.5, 0.6) is 11.5 Å². The van der Waals surface area contributed by atoms with E-state index in [-0.39, 0.29) is 12.4 Å². The fraction of sp³-hybridized carbons (Fsp3) is 0.167. The van der Waals surface area contributed by atoms with Gasteiger partial charge in [0.15, 0.2) is 11.5 Å². The Kier molecular flexibility index (Phi) is 4.42. The molecule has 0 amide bonds.